The summed E-state index contributed by atoms with van der Waals surface area (Å²) in [6.07, 6.45) is 2.92. The van der Waals surface area contributed by atoms with Gasteiger partial charge in [-0.3, -0.25) is 4.79 Å². The van der Waals surface area contributed by atoms with Crippen molar-refractivity contribution in [3.8, 4) is 0 Å². The van der Waals surface area contributed by atoms with Crippen LogP contribution in [-0.4, -0.2) is 31.2 Å². The zero-order chi connectivity index (χ0) is 18.6. The summed E-state index contributed by atoms with van der Waals surface area (Å²) in [5.41, 5.74) is 3.65. The highest BCUT2D eigenvalue weighted by Crippen LogP contribution is 2.21. The van der Waals surface area contributed by atoms with E-state index in [1.165, 1.54) is 0 Å². The van der Waals surface area contributed by atoms with Crippen LogP contribution >= 0.6 is 11.8 Å². The Kier molecular flexibility index (Phi) is 5.02. The minimum atomic E-state index is 0.0306. The molecule has 0 atom stereocenters. The molecule has 0 fully saturated rings. The highest BCUT2D eigenvalue weighted by molar-refractivity contribution is 7.99. The number of amides is 1. The lowest BCUT2D eigenvalue weighted by Gasteiger charge is -2.07. The third-order valence-electron chi connectivity index (χ3n) is 4.26. The molecule has 0 aliphatic carbocycles. The van der Waals surface area contributed by atoms with E-state index in [4.69, 9.17) is 0 Å². The minimum absolute atomic E-state index is 0.0306. The average molecular weight is 377 g/mol. The van der Waals surface area contributed by atoms with E-state index in [1.54, 1.807) is 22.6 Å². The number of hydrogen-bond acceptors (Lipinski definition) is 5. The molecular formula is C20H19N5OS. The van der Waals surface area contributed by atoms with Crippen LogP contribution in [0.3, 0.4) is 0 Å². The molecule has 0 aliphatic heterocycles. The van der Waals surface area contributed by atoms with Crippen molar-refractivity contribution in [1.29, 1.82) is 0 Å². The van der Waals surface area contributed by atoms with Crippen molar-refractivity contribution in [1.82, 2.24) is 19.6 Å². The molecule has 136 valence electrons. The molecule has 2 aromatic heterocycles. The molecule has 4 rings (SSSR count). The van der Waals surface area contributed by atoms with Gasteiger partial charge in [0.1, 0.15) is 6.33 Å². The number of carbonyl (C=O) groups is 1. The van der Waals surface area contributed by atoms with Gasteiger partial charge < -0.3 is 5.32 Å². The summed E-state index contributed by atoms with van der Waals surface area (Å²) in [5, 5.41) is 9.11. The van der Waals surface area contributed by atoms with Crippen LogP contribution in [0.5, 0.6) is 0 Å². The fourth-order valence-corrected chi connectivity index (χ4v) is 3.61. The van der Waals surface area contributed by atoms with Crippen molar-refractivity contribution in [3.05, 3.63) is 60.4 Å². The summed E-state index contributed by atoms with van der Waals surface area (Å²) in [7, 11) is 0. The molecule has 0 spiro atoms. The highest BCUT2D eigenvalue weighted by Gasteiger charge is 2.09. The van der Waals surface area contributed by atoms with Crippen LogP contribution in [0.25, 0.3) is 16.6 Å². The summed E-state index contributed by atoms with van der Waals surface area (Å²) >= 11 is 1.56. The molecule has 0 aliphatic rings. The van der Waals surface area contributed by atoms with E-state index in [1.807, 2.05) is 55.5 Å². The molecular weight excluding hydrogens is 358 g/mol. The third-order valence-corrected chi connectivity index (χ3v) is 5.19. The van der Waals surface area contributed by atoms with E-state index in [2.05, 4.69) is 20.4 Å². The number of nitrogens with zero attached hydrogens (tertiary/aromatic N) is 4. The Balaban J connectivity index is 1.33. The maximum atomic E-state index is 12.1. The number of aryl methyl sites for hydroxylation is 1. The molecule has 2 heterocycles. The number of fused-ring (bicyclic) bond motifs is 3. The molecule has 0 bridgehead atoms. The zero-order valence-corrected chi connectivity index (χ0v) is 15.7. The van der Waals surface area contributed by atoms with Crippen LogP contribution in [-0.2, 0) is 4.79 Å². The molecule has 0 saturated carbocycles. The Bertz CT molecular complexity index is 1110. The van der Waals surface area contributed by atoms with Gasteiger partial charge in [0, 0.05) is 23.2 Å². The highest BCUT2D eigenvalue weighted by atomic mass is 32.2. The normalized spacial score (nSPS) is 11.1. The second kappa shape index (κ2) is 7.75. The summed E-state index contributed by atoms with van der Waals surface area (Å²) in [5.74, 6) is 0.812. The first-order valence-corrected chi connectivity index (χ1v) is 9.78. The first kappa shape index (κ1) is 17.5. The lowest BCUT2D eigenvalue weighted by molar-refractivity contribution is -0.116. The van der Waals surface area contributed by atoms with Crippen LogP contribution in [0, 0.1) is 6.92 Å². The molecule has 1 amide bonds. The number of rotatable bonds is 6. The van der Waals surface area contributed by atoms with Crippen LogP contribution in [0.1, 0.15) is 18.4 Å². The lowest BCUT2D eigenvalue weighted by Crippen LogP contribution is -2.12. The molecule has 0 unspecified atom stereocenters. The summed E-state index contributed by atoms with van der Waals surface area (Å²) in [6.45, 7) is 1.99. The SMILES string of the molecule is Cc1ccccc1NC(=O)CCCSc1nc2c3ccccc3ncn2n1. The summed E-state index contributed by atoms with van der Waals surface area (Å²) < 4.78 is 1.70. The van der Waals surface area contributed by atoms with E-state index in [-0.39, 0.29) is 5.91 Å². The number of para-hydroxylation sites is 2. The third kappa shape index (κ3) is 3.93. The summed E-state index contributed by atoms with van der Waals surface area (Å²) in [6, 6.07) is 15.7. The van der Waals surface area contributed by atoms with E-state index >= 15 is 0 Å². The fraction of sp³-hybridized carbons (Fsp3) is 0.200. The van der Waals surface area contributed by atoms with Crippen LogP contribution in [0.15, 0.2) is 60.0 Å². The van der Waals surface area contributed by atoms with Crippen molar-refractivity contribution in [2.75, 3.05) is 11.1 Å². The van der Waals surface area contributed by atoms with Crippen molar-refractivity contribution >= 4 is 39.9 Å². The van der Waals surface area contributed by atoms with Gasteiger partial charge in [0.15, 0.2) is 5.65 Å². The van der Waals surface area contributed by atoms with Gasteiger partial charge in [0.25, 0.3) is 0 Å². The largest absolute Gasteiger partial charge is 0.326 e. The van der Waals surface area contributed by atoms with Gasteiger partial charge in [-0.15, -0.1) is 5.10 Å². The molecule has 0 radical (unpaired) electrons. The van der Waals surface area contributed by atoms with Crippen molar-refractivity contribution in [2.45, 2.75) is 24.9 Å². The minimum Gasteiger partial charge on any atom is -0.326 e. The molecule has 27 heavy (non-hydrogen) atoms. The second-order valence-electron chi connectivity index (χ2n) is 6.24. The number of carbonyl (C=O) groups excluding carboxylic acids is 1. The fourth-order valence-electron chi connectivity index (χ4n) is 2.84. The van der Waals surface area contributed by atoms with Gasteiger partial charge in [-0.1, -0.05) is 42.1 Å². The maximum absolute atomic E-state index is 12.1. The predicted molar refractivity (Wildman–Crippen MR) is 108 cm³/mol. The van der Waals surface area contributed by atoms with E-state index in [0.717, 1.165) is 40.0 Å². The van der Waals surface area contributed by atoms with Gasteiger partial charge in [0.2, 0.25) is 11.1 Å². The molecule has 7 heteroatoms. The Labute approximate surface area is 161 Å². The van der Waals surface area contributed by atoms with Gasteiger partial charge in [0.05, 0.1) is 5.52 Å². The van der Waals surface area contributed by atoms with Gasteiger partial charge in [-0.25, -0.2) is 14.5 Å². The average Bonchev–Trinajstić information content (AvgIpc) is 3.11. The number of hydrogen-bond donors (Lipinski definition) is 1. The van der Waals surface area contributed by atoms with Gasteiger partial charge in [-0.05, 0) is 37.1 Å². The Morgan fingerprint density at radius 3 is 2.85 bits per heavy atom. The number of benzene rings is 2. The predicted octanol–water partition coefficient (Wildman–Crippen LogP) is 4.10. The zero-order valence-electron chi connectivity index (χ0n) is 14.9. The van der Waals surface area contributed by atoms with Crippen molar-refractivity contribution in [3.63, 3.8) is 0 Å². The Hall–Kier alpha value is -2.93. The number of thioether (sulfide) groups is 1. The van der Waals surface area contributed by atoms with E-state index < -0.39 is 0 Å². The van der Waals surface area contributed by atoms with Crippen LogP contribution in [0.4, 0.5) is 5.69 Å². The smallest absolute Gasteiger partial charge is 0.224 e. The molecule has 6 nitrogen and oxygen atoms in total. The topological polar surface area (TPSA) is 72.2 Å². The summed E-state index contributed by atoms with van der Waals surface area (Å²) in [4.78, 5) is 21.1. The molecule has 4 aromatic rings. The quantitative estimate of drug-likeness (QED) is 0.405. The maximum Gasteiger partial charge on any atom is 0.224 e. The standard InChI is InChI=1S/C20H19N5OS/c1-14-7-2-4-9-16(14)22-18(26)11-6-12-27-20-23-19-15-8-3-5-10-17(15)21-13-25(19)24-20/h2-5,7-10,13H,6,11-12H2,1H3,(H,22,26). The molecule has 2 aromatic carbocycles. The monoisotopic (exact) mass is 377 g/mol. The number of aromatic nitrogens is 4. The number of nitrogens with one attached hydrogen (secondary N) is 1. The lowest BCUT2D eigenvalue weighted by atomic mass is 10.2. The molecule has 0 saturated heterocycles. The number of anilines is 1. The van der Waals surface area contributed by atoms with Gasteiger partial charge >= 0.3 is 0 Å². The van der Waals surface area contributed by atoms with Crippen molar-refractivity contribution < 1.29 is 4.79 Å². The van der Waals surface area contributed by atoms with Crippen molar-refractivity contribution in [2.24, 2.45) is 0 Å². The van der Waals surface area contributed by atoms with E-state index in [9.17, 15) is 4.79 Å². The first-order valence-electron chi connectivity index (χ1n) is 8.79. The van der Waals surface area contributed by atoms with E-state index in [0.29, 0.717) is 11.6 Å². The molecule has 1 N–H and O–H groups in total. The second-order valence-corrected chi connectivity index (χ2v) is 7.30. The Morgan fingerprint density at radius 2 is 1.96 bits per heavy atom. The van der Waals surface area contributed by atoms with Crippen LogP contribution in [0.2, 0.25) is 0 Å². The first-order chi connectivity index (χ1) is 13.2. The Morgan fingerprint density at radius 1 is 1.15 bits per heavy atom. The van der Waals surface area contributed by atoms with Gasteiger partial charge in [-0.2, -0.15) is 0 Å². The van der Waals surface area contributed by atoms with Crippen LogP contribution < -0.4 is 5.32 Å².